The van der Waals surface area contributed by atoms with Crippen LogP contribution in [0.2, 0.25) is 0 Å². The molecule has 1 amide bonds. The van der Waals surface area contributed by atoms with Crippen LogP contribution in [-0.2, 0) is 9.59 Å². The number of carboxylic acid groups (broad SMARTS) is 1. The Labute approximate surface area is 106 Å². The van der Waals surface area contributed by atoms with E-state index in [4.69, 9.17) is 5.11 Å². The molecule has 5 nitrogen and oxygen atoms in total. The molecule has 1 aliphatic rings. The zero-order valence-electron chi connectivity index (χ0n) is 10.2. The van der Waals surface area contributed by atoms with Gasteiger partial charge in [0.2, 0.25) is 5.91 Å². The predicted octanol–water partition coefficient (Wildman–Crippen LogP) is 0.307. The monoisotopic (exact) mass is 260 g/mol. The first-order valence-corrected chi connectivity index (χ1v) is 7.06. The molecule has 1 unspecified atom stereocenters. The normalized spacial score (nSPS) is 23.8. The molecule has 17 heavy (non-hydrogen) atoms. The zero-order chi connectivity index (χ0) is 12.8. The number of aliphatic carboxylic acids is 1. The lowest BCUT2D eigenvalue weighted by molar-refractivity contribution is -0.143. The first-order valence-electron chi connectivity index (χ1n) is 5.90. The highest BCUT2D eigenvalue weighted by molar-refractivity contribution is 7.99. The van der Waals surface area contributed by atoms with Gasteiger partial charge in [0.05, 0.1) is 6.04 Å². The average Bonchev–Trinajstić information content (AvgIpc) is 2.35. The average molecular weight is 260 g/mol. The molecule has 0 aliphatic carbocycles. The number of carbonyl (C=O) groups excluding carboxylic acids is 1. The van der Waals surface area contributed by atoms with Crippen LogP contribution < -0.4 is 10.6 Å². The van der Waals surface area contributed by atoms with Gasteiger partial charge in [-0.1, -0.05) is 20.3 Å². The molecule has 0 saturated carbocycles. The van der Waals surface area contributed by atoms with E-state index in [1.54, 1.807) is 11.8 Å². The Kier molecular flexibility index (Phi) is 5.77. The fourth-order valence-corrected chi connectivity index (χ4v) is 2.60. The van der Waals surface area contributed by atoms with Crippen LogP contribution >= 0.6 is 11.8 Å². The summed E-state index contributed by atoms with van der Waals surface area (Å²) in [6, 6.07) is -1.05. The largest absolute Gasteiger partial charge is 0.480 e. The molecule has 98 valence electrons. The first-order chi connectivity index (χ1) is 8.06. The third-order valence-electron chi connectivity index (χ3n) is 3.01. The lowest BCUT2D eigenvalue weighted by Crippen LogP contribution is -2.54. The zero-order valence-corrected chi connectivity index (χ0v) is 11.0. The summed E-state index contributed by atoms with van der Waals surface area (Å²) in [5.74, 6) is 0.477. The molecular formula is C11H20N2O3S. The summed E-state index contributed by atoms with van der Waals surface area (Å²) in [6.45, 7) is 4.55. The summed E-state index contributed by atoms with van der Waals surface area (Å²) in [6.07, 6.45) is 0.726. The molecule has 0 aromatic rings. The van der Waals surface area contributed by atoms with E-state index < -0.39 is 12.0 Å². The fourth-order valence-electron chi connectivity index (χ4n) is 1.67. The van der Waals surface area contributed by atoms with Crippen LogP contribution in [0.25, 0.3) is 0 Å². The van der Waals surface area contributed by atoms with Gasteiger partial charge in [-0.2, -0.15) is 11.8 Å². The Morgan fingerprint density at radius 2 is 2.29 bits per heavy atom. The summed E-state index contributed by atoms with van der Waals surface area (Å²) in [7, 11) is 0. The second-order valence-electron chi connectivity index (χ2n) is 4.29. The van der Waals surface area contributed by atoms with Gasteiger partial charge in [0.25, 0.3) is 0 Å². The Hall–Kier alpha value is -0.750. The van der Waals surface area contributed by atoms with E-state index in [1.807, 2.05) is 13.8 Å². The summed E-state index contributed by atoms with van der Waals surface area (Å²) in [4.78, 5) is 23.0. The van der Waals surface area contributed by atoms with Gasteiger partial charge in [0.15, 0.2) is 0 Å². The second-order valence-corrected chi connectivity index (χ2v) is 5.44. The van der Waals surface area contributed by atoms with Gasteiger partial charge >= 0.3 is 5.97 Å². The number of hydrogen-bond acceptors (Lipinski definition) is 4. The van der Waals surface area contributed by atoms with Gasteiger partial charge in [-0.15, -0.1) is 0 Å². The van der Waals surface area contributed by atoms with Crippen molar-refractivity contribution < 1.29 is 14.7 Å². The maximum Gasteiger partial charge on any atom is 0.326 e. The van der Waals surface area contributed by atoms with E-state index in [0.29, 0.717) is 5.75 Å². The van der Waals surface area contributed by atoms with Crippen molar-refractivity contribution in [3.05, 3.63) is 0 Å². The van der Waals surface area contributed by atoms with Crippen molar-refractivity contribution in [1.82, 2.24) is 10.6 Å². The van der Waals surface area contributed by atoms with Gasteiger partial charge in [-0.25, -0.2) is 4.79 Å². The van der Waals surface area contributed by atoms with E-state index in [9.17, 15) is 9.59 Å². The smallest absolute Gasteiger partial charge is 0.326 e. The number of amides is 1. The van der Waals surface area contributed by atoms with Gasteiger partial charge < -0.3 is 15.7 Å². The quantitative estimate of drug-likeness (QED) is 0.663. The molecule has 1 rings (SSSR count). The highest BCUT2D eigenvalue weighted by Crippen LogP contribution is 2.11. The Morgan fingerprint density at radius 1 is 1.59 bits per heavy atom. The van der Waals surface area contributed by atoms with Crippen molar-refractivity contribution in [2.45, 2.75) is 32.4 Å². The van der Waals surface area contributed by atoms with Gasteiger partial charge in [0, 0.05) is 18.1 Å². The number of thioether (sulfide) groups is 1. The Balaban J connectivity index is 2.53. The Bertz CT molecular complexity index is 280. The van der Waals surface area contributed by atoms with Crippen molar-refractivity contribution in [1.29, 1.82) is 0 Å². The molecule has 1 saturated heterocycles. The molecule has 0 radical (unpaired) electrons. The Morgan fingerprint density at radius 3 is 2.76 bits per heavy atom. The highest BCUT2D eigenvalue weighted by Gasteiger charge is 2.29. The molecule has 6 heteroatoms. The van der Waals surface area contributed by atoms with Crippen LogP contribution in [0.1, 0.15) is 20.3 Å². The fraction of sp³-hybridized carbons (Fsp3) is 0.818. The minimum Gasteiger partial charge on any atom is -0.480 e. The van der Waals surface area contributed by atoms with Gasteiger partial charge in [-0.05, 0) is 5.92 Å². The summed E-state index contributed by atoms with van der Waals surface area (Å²) in [5.41, 5.74) is 0. The molecular weight excluding hydrogens is 240 g/mol. The molecule has 3 atom stereocenters. The molecule has 0 spiro atoms. The van der Waals surface area contributed by atoms with Crippen LogP contribution in [0.15, 0.2) is 0 Å². The second kappa shape index (κ2) is 6.86. The van der Waals surface area contributed by atoms with E-state index >= 15 is 0 Å². The van der Waals surface area contributed by atoms with Crippen LogP contribution in [0, 0.1) is 5.92 Å². The maximum absolute atomic E-state index is 11.9. The molecule has 0 aromatic carbocycles. The number of carbonyl (C=O) groups is 2. The number of nitrogens with one attached hydrogen (secondary N) is 2. The molecule has 3 N–H and O–H groups in total. The molecule has 0 bridgehead atoms. The SMILES string of the molecule is CC[C@H](C)[C@H](NC(=O)C1CSCCN1)C(=O)O. The van der Waals surface area contributed by atoms with Crippen LogP contribution in [0.3, 0.4) is 0 Å². The predicted molar refractivity (Wildman–Crippen MR) is 68.1 cm³/mol. The third-order valence-corrected chi connectivity index (χ3v) is 4.08. The topological polar surface area (TPSA) is 78.4 Å². The van der Waals surface area contributed by atoms with Crippen LogP contribution in [-0.4, -0.2) is 47.1 Å². The minimum absolute atomic E-state index is 0.0623. The third kappa shape index (κ3) is 4.20. The van der Waals surface area contributed by atoms with E-state index in [0.717, 1.165) is 18.7 Å². The molecule has 1 heterocycles. The van der Waals surface area contributed by atoms with E-state index in [2.05, 4.69) is 10.6 Å². The van der Waals surface area contributed by atoms with Gasteiger partial charge in [-0.3, -0.25) is 4.79 Å². The first kappa shape index (κ1) is 14.3. The summed E-state index contributed by atoms with van der Waals surface area (Å²) in [5, 5.41) is 14.8. The lowest BCUT2D eigenvalue weighted by Gasteiger charge is -2.26. The summed E-state index contributed by atoms with van der Waals surface area (Å²) < 4.78 is 0. The van der Waals surface area contributed by atoms with Crippen molar-refractivity contribution in [3.63, 3.8) is 0 Å². The molecule has 0 aromatic heterocycles. The number of rotatable bonds is 5. The number of hydrogen-bond donors (Lipinski definition) is 3. The minimum atomic E-state index is -0.962. The lowest BCUT2D eigenvalue weighted by atomic mass is 9.99. The maximum atomic E-state index is 11.9. The molecule has 1 fully saturated rings. The summed E-state index contributed by atoms with van der Waals surface area (Å²) >= 11 is 1.71. The van der Waals surface area contributed by atoms with Crippen molar-refractivity contribution in [2.75, 3.05) is 18.1 Å². The standard InChI is InChI=1S/C11H20N2O3S/c1-3-7(2)9(11(15)16)13-10(14)8-6-17-5-4-12-8/h7-9,12H,3-6H2,1-2H3,(H,13,14)(H,15,16)/t7-,8?,9-/m0/s1. The van der Waals surface area contributed by atoms with Crippen LogP contribution in [0.4, 0.5) is 0 Å². The van der Waals surface area contributed by atoms with Gasteiger partial charge in [0.1, 0.15) is 6.04 Å². The van der Waals surface area contributed by atoms with Crippen LogP contribution in [0.5, 0.6) is 0 Å². The van der Waals surface area contributed by atoms with Crippen molar-refractivity contribution >= 4 is 23.6 Å². The van der Waals surface area contributed by atoms with Crippen molar-refractivity contribution in [2.24, 2.45) is 5.92 Å². The van der Waals surface area contributed by atoms with Crippen molar-refractivity contribution in [3.8, 4) is 0 Å². The van der Waals surface area contributed by atoms with E-state index in [-0.39, 0.29) is 17.9 Å². The van der Waals surface area contributed by atoms with E-state index in [1.165, 1.54) is 0 Å². The molecule has 1 aliphatic heterocycles. The highest BCUT2D eigenvalue weighted by atomic mass is 32.2. The number of carboxylic acids is 1.